The predicted molar refractivity (Wildman–Crippen MR) is 74.3 cm³/mol. The van der Waals surface area contributed by atoms with Gasteiger partial charge in [-0.05, 0) is 18.2 Å². The highest BCUT2D eigenvalue weighted by atomic mass is 16.7. The number of benzene rings is 1. The molecule has 0 N–H and O–H groups in total. The molecule has 7 nitrogen and oxygen atoms in total. The van der Waals surface area contributed by atoms with E-state index in [0.29, 0.717) is 19.0 Å². The van der Waals surface area contributed by atoms with Crippen LogP contribution in [0.1, 0.15) is 20.7 Å². The van der Waals surface area contributed by atoms with Crippen molar-refractivity contribution in [1.82, 2.24) is 5.06 Å². The third-order valence-electron chi connectivity index (χ3n) is 2.69. The minimum Gasteiger partial charge on any atom is -0.491 e. The molecule has 0 saturated heterocycles. The van der Waals surface area contributed by atoms with E-state index in [1.165, 1.54) is 39.5 Å². The summed E-state index contributed by atoms with van der Waals surface area (Å²) in [6.45, 7) is 0.693. The smallest absolute Gasteiger partial charge is 0.338 e. The summed E-state index contributed by atoms with van der Waals surface area (Å²) in [5, 5.41) is 1.05. The maximum atomic E-state index is 12.1. The molecule has 0 unspecified atom stereocenters. The Bertz CT molecular complexity index is 502. The van der Waals surface area contributed by atoms with Crippen LogP contribution >= 0.6 is 0 Å². The van der Waals surface area contributed by atoms with Gasteiger partial charge in [-0.3, -0.25) is 9.63 Å². The van der Waals surface area contributed by atoms with Gasteiger partial charge < -0.3 is 14.2 Å². The van der Waals surface area contributed by atoms with Gasteiger partial charge >= 0.3 is 5.97 Å². The van der Waals surface area contributed by atoms with E-state index in [-0.39, 0.29) is 11.1 Å². The number of carbonyl (C=O) groups excluding carboxylic acids is 2. The molecular weight excluding hydrogens is 278 g/mol. The largest absolute Gasteiger partial charge is 0.491 e. The lowest BCUT2D eigenvalue weighted by Crippen LogP contribution is -2.25. The highest BCUT2D eigenvalue weighted by molar-refractivity contribution is 5.98. The third kappa shape index (κ3) is 4.73. The van der Waals surface area contributed by atoms with Crippen molar-refractivity contribution in [2.45, 2.75) is 0 Å². The number of nitrogens with zero attached hydrogens (tertiary/aromatic N) is 1. The Balaban J connectivity index is 3.08. The van der Waals surface area contributed by atoms with Crippen molar-refractivity contribution in [2.24, 2.45) is 0 Å². The predicted octanol–water partition coefficient (Wildman–Crippen LogP) is 1.13. The van der Waals surface area contributed by atoms with E-state index in [0.717, 1.165) is 5.06 Å². The van der Waals surface area contributed by atoms with E-state index >= 15 is 0 Å². The fraction of sp³-hybridized carbons (Fsp3) is 0.429. The number of rotatable bonds is 7. The van der Waals surface area contributed by atoms with Crippen LogP contribution < -0.4 is 4.74 Å². The first-order valence-electron chi connectivity index (χ1n) is 6.20. The van der Waals surface area contributed by atoms with Crippen molar-refractivity contribution < 1.29 is 28.6 Å². The second kappa shape index (κ2) is 8.23. The molecule has 116 valence electrons. The molecule has 1 rings (SSSR count). The molecule has 0 heterocycles. The van der Waals surface area contributed by atoms with Gasteiger partial charge in [-0.2, -0.15) is 0 Å². The van der Waals surface area contributed by atoms with Crippen LogP contribution in [0.5, 0.6) is 5.75 Å². The highest BCUT2D eigenvalue weighted by Gasteiger charge is 2.17. The zero-order chi connectivity index (χ0) is 15.8. The molecule has 0 atom stereocenters. The minimum atomic E-state index is -0.554. The lowest BCUT2D eigenvalue weighted by molar-refractivity contribution is -0.0757. The summed E-state index contributed by atoms with van der Waals surface area (Å²) >= 11 is 0. The molecule has 1 amide bonds. The molecule has 0 saturated carbocycles. The number of hydrogen-bond donors (Lipinski definition) is 0. The maximum absolute atomic E-state index is 12.1. The topological polar surface area (TPSA) is 74.3 Å². The fourth-order valence-corrected chi connectivity index (χ4v) is 1.55. The third-order valence-corrected chi connectivity index (χ3v) is 2.69. The van der Waals surface area contributed by atoms with Crippen LogP contribution in [-0.2, 0) is 14.3 Å². The van der Waals surface area contributed by atoms with E-state index in [1.54, 1.807) is 7.11 Å². The number of ether oxygens (including phenoxy) is 3. The van der Waals surface area contributed by atoms with E-state index in [9.17, 15) is 9.59 Å². The van der Waals surface area contributed by atoms with Gasteiger partial charge in [0.25, 0.3) is 5.91 Å². The summed E-state index contributed by atoms with van der Waals surface area (Å²) in [4.78, 5) is 28.6. The van der Waals surface area contributed by atoms with Crippen molar-refractivity contribution in [1.29, 1.82) is 0 Å². The SMILES string of the molecule is COCCOc1cc(C(=O)OC)cc(C(=O)N(C)OC)c1. The number of carbonyl (C=O) groups is 2. The van der Waals surface area contributed by atoms with Gasteiger partial charge in [-0.15, -0.1) is 0 Å². The van der Waals surface area contributed by atoms with Gasteiger partial charge in [0.15, 0.2) is 0 Å². The molecule has 0 aliphatic heterocycles. The van der Waals surface area contributed by atoms with Crippen LogP contribution in [-0.4, -0.2) is 58.5 Å². The van der Waals surface area contributed by atoms with Crippen LogP contribution in [0.2, 0.25) is 0 Å². The van der Waals surface area contributed by atoms with Crippen LogP contribution in [0.3, 0.4) is 0 Å². The number of esters is 1. The van der Waals surface area contributed by atoms with Crippen LogP contribution in [0.25, 0.3) is 0 Å². The Labute approximate surface area is 123 Å². The molecule has 1 aromatic rings. The number of amides is 1. The molecule has 0 fully saturated rings. The van der Waals surface area contributed by atoms with Crippen molar-refractivity contribution in [3.8, 4) is 5.75 Å². The molecule has 0 spiro atoms. The summed E-state index contributed by atoms with van der Waals surface area (Å²) in [6, 6.07) is 4.46. The minimum absolute atomic E-state index is 0.222. The fourth-order valence-electron chi connectivity index (χ4n) is 1.55. The summed E-state index contributed by atoms with van der Waals surface area (Å²) in [7, 11) is 5.66. The summed E-state index contributed by atoms with van der Waals surface area (Å²) < 4.78 is 15.0. The van der Waals surface area contributed by atoms with Crippen LogP contribution in [0.15, 0.2) is 18.2 Å². The Morgan fingerprint density at radius 3 is 2.29 bits per heavy atom. The molecule has 21 heavy (non-hydrogen) atoms. The monoisotopic (exact) mass is 297 g/mol. The van der Waals surface area contributed by atoms with Crippen LogP contribution in [0.4, 0.5) is 0 Å². The first-order chi connectivity index (χ1) is 10.0. The Hall–Kier alpha value is -2.12. The first-order valence-corrected chi connectivity index (χ1v) is 6.20. The molecular formula is C14H19NO6. The number of methoxy groups -OCH3 is 2. The van der Waals surface area contributed by atoms with Crippen molar-refractivity contribution in [3.63, 3.8) is 0 Å². The first kappa shape index (κ1) is 16.9. The van der Waals surface area contributed by atoms with Crippen molar-refractivity contribution in [2.75, 3.05) is 41.6 Å². The van der Waals surface area contributed by atoms with Gasteiger partial charge in [-0.1, -0.05) is 0 Å². The van der Waals surface area contributed by atoms with Gasteiger partial charge in [0, 0.05) is 19.7 Å². The van der Waals surface area contributed by atoms with Gasteiger partial charge in [-0.25, -0.2) is 9.86 Å². The number of hydroxylamine groups is 2. The summed E-state index contributed by atoms with van der Waals surface area (Å²) in [6.07, 6.45) is 0. The van der Waals surface area contributed by atoms with Crippen LogP contribution in [0, 0.1) is 0 Å². The second-order valence-electron chi connectivity index (χ2n) is 4.06. The van der Waals surface area contributed by atoms with E-state index in [4.69, 9.17) is 14.3 Å². The van der Waals surface area contributed by atoms with E-state index in [1.807, 2.05) is 0 Å². The molecule has 0 aliphatic carbocycles. The van der Waals surface area contributed by atoms with Gasteiger partial charge in [0.1, 0.15) is 12.4 Å². The Kier molecular flexibility index (Phi) is 6.64. The molecule has 1 aromatic carbocycles. The molecule has 0 bridgehead atoms. The normalized spacial score (nSPS) is 10.1. The van der Waals surface area contributed by atoms with E-state index in [2.05, 4.69) is 4.74 Å². The number of hydrogen-bond acceptors (Lipinski definition) is 6. The highest BCUT2D eigenvalue weighted by Crippen LogP contribution is 2.19. The van der Waals surface area contributed by atoms with Gasteiger partial charge in [0.05, 0.1) is 26.4 Å². The zero-order valence-electron chi connectivity index (χ0n) is 12.5. The van der Waals surface area contributed by atoms with Gasteiger partial charge in [0.2, 0.25) is 0 Å². The molecule has 0 aromatic heterocycles. The summed E-state index contributed by atoms with van der Waals surface area (Å²) in [5.41, 5.74) is 0.481. The quantitative estimate of drug-likeness (QED) is 0.427. The Morgan fingerprint density at radius 1 is 1.05 bits per heavy atom. The standard InChI is InChI=1S/C14H19NO6/c1-15(20-4)13(16)10-7-11(14(17)19-3)9-12(8-10)21-6-5-18-2/h7-9H,5-6H2,1-4H3. The lowest BCUT2D eigenvalue weighted by atomic mass is 10.1. The maximum Gasteiger partial charge on any atom is 0.338 e. The Morgan fingerprint density at radius 2 is 1.71 bits per heavy atom. The second-order valence-corrected chi connectivity index (χ2v) is 4.06. The summed E-state index contributed by atoms with van der Waals surface area (Å²) in [5.74, 6) is -0.580. The van der Waals surface area contributed by atoms with E-state index < -0.39 is 11.9 Å². The molecule has 0 radical (unpaired) electrons. The average Bonchev–Trinajstić information content (AvgIpc) is 2.52. The molecule has 7 heteroatoms. The van der Waals surface area contributed by atoms with Crippen molar-refractivity contribution in [3.05, 3.63) is 29.3 Å². The molecule has 0 aliphatic rings. The average molecular weight is 297 g/mol. The van der Waals surface area contributed by atoms with Crippen molar-refractivity contribution >= 4 is 11.9 Å². The lowest BCUT2D eigenvalue weighted by Gasteiger charge is -2.15. The zero-order valence-corrected chi connectivity index (χ0v) is 12.5.